The van der Waals surface area contributed by atoms with Crippen molar-refractivity contribution in [1.82, 2.24) is 0 Å². The molecule has 0 aliphatic carbocycles. The van der Waals surface area contributed by atoms with Crippen molar-refractivity contribution >= 4 is 0 Å². The zero-order valence-corrected chi connectivity index (χ0v) is 11.7. The number of hydrogen-bond donors (Lipinski definition) is 1. The van der Waals surface area contributed by atoms with Gasteiger partial charge in [-0.25, -0.2) is 0 Å². The standard InChI is InChI=1S/C15H23NO3/c1-3-17-14-8-5-4-7-12(14)13(16)11-15(2)18-9-6-10-19-15/h4-5,7-8,13H,3,6,9-11,16H2,1-2H3. The fraction of sp³-hybridized carbons (Fsp3) is 0.600. The van der Waals surface area contributed by atoms with Crippen molar-refractivity contribution in [1.29, 1.82) is 0 Å². The van der Waals surface area contributed by atoms with Gasteiger partial charge in [-0.3, -0.25) is 0 Å². The molecule has 19 heavy (non-hydrogen) atoms. The highest BCUT2D eigenvalue weighted by Crippen LogP contribution is 2.32. The van der Waals surface area contributed by atoms with Crippen LogP contribution < -0.4 is 10.5 Å². The minimum atomic E-state index is -0.586. The summed E-state index contributed by atoms with van der Waals surface area (Å²) in [6.45, 7) is 6.02. The van der Waals surface area contributed by atoms with Crippen LogP contribution in [0.1, 0.15) is 38.3 Å². The van der Waals surface area contributed by atoms with Gasteiger partial charge >= 0.3 is 0 Å². The van der Waals surface area contributed by atoms with E-state index in [9.17, 15) is 0 Å². The smallest absolute Gasteiger partial charge is 0.167 e. The summed E-state index contributed by atoms with van der Waals surface area (Å²) >= 11 is 0. The molecule has 0 aromatic heterocycles. The highest BCUT2D eigenvalue weighted by molar-refractivity contribution is 5.35. The number of ether oxygens (including phenoxy) is 3. The van der Waals surface area contributed by atoms with E-state index in [-0.39, 0.29) is 6.04 Å². The zero-order valence-electron chi connectivity index (χ0n) is 11.7. The lowest BCUT2D eigenvalue weighted by atomic mass is 9.99. The molecule has 0 saturated carbocycles. The molecule has 1 fully saturated rings. The van der Waals surface area contributed by atoms with E-state index >= 15 is 0 Å². The van der Waals surface area contributed by atoms with Crippen LogP contribution in [0.5, 0.6) is 5.75 Å². The van der Waals surface area contributed by atoms with Gasteiger partial charge in [0.2, 0.25) is 0 Å². The first-order valence-electron chi connectivity index (χ1n) is 6.90. The monoisotopic (exact) mass is 265 g/mol. The molecule has 1 unspecified atom stereocenters. The lowest BCUT2D eigenvalue weighted by molar-refractivity contribution is -0.260. The number of benzene rings is 1. The molecule has 2 N–H and O–H groups in total. The van der Waals surface area contributed by atoms with E-state index in [0.29, 0.717) is 13.0 Å². The molecule has 2 rings (SSSR count). The summed E-state index contributed by atoms with van der Waals surface area (Å²) in [6, 6.07) is 7.72. The summed E-state index contributed by atoms with van der Waals surface area (Å²) < 4.78 is 17.0. The van der Waals surface area contributed by atoms with E-state index in [2.05, 4.69) is 0 Å². The Morgan fingerprint density at radius 2 is 2.00 bits per heavy atom. The average Bonchev–Trinajstić information content (AvgIpc) is 2.40. The summed E-state index contributed by atoms with van der Waals surface area (Å²) in [5, 5.41) is 0. The number of para-hydroxylation sites is 1. The van der Waals surface area contributed by atoms with Crippen LogP contribution in [-0.4, -0.2) is 25.6 Å². The van der Waals surface area contributed by atoms with E-state index in [0.717, 1.165) is 30.9 Å². The lowest BCUT2D eigenvalue weighted by Crippen LogP contribution is -2.40. The normalized spacial score (nSPS) is 19.9. The van der Waals surface area contributed by atoms with Gasteiger partial charge in [0, 0.05) is 18.0 Å². The van der Waals surface area contributed by atoms with E-state index in [1.165, 1.54) is 0 Å². The van der Waals surface area contributed by atoms with Gasteiger partial charge in [0.05, 0.1) is 19.8 Å². The number of rotatable bonds is 5. The van der Waals surface area contributed by atoms with Crippen molar-refractivity contribution in [3.05, 3.63) is 29.8 Å². The number of nitrogens with two attached hydrogens (primary N) is 1. The third-order valence-electron chi connectivity index (χ3n) is 3.31. The van der Waals surface area contributed by atoms with E-state index in [4.69, 9.17) is 19.9 Å². The Morgan fingerprint density at radius 1 is 1.32 bits per heavy atom. The quantitative estimate of drug-likeness (QED) is 0.889. The Hall–Kier alpha value is -1.10. The van der Waals surface area contributed by atoms with Gasteiger partial charge < -0.3 is 19.9 Å². The molecule has 1 aliphatic rings. The van der Waals surface area contributed by atoms with Crippen molar-refractivity contribution in [2.75, 3.05) is 19.8 Å². The van der Waals surface area contributed by atoms with Gasteiger partial charge in [-0.1, -0.05) is 18.2 Å². The zero-order chi connectivity index (χ0) is 13.7. The lowest BCUT2D eigenvalue weighted by Gasteiger charge is -2.36. The Bertz CT molecular complexity index is 402. The van der Waals surface area contributed by atoms with Crippen LogP contribution in [-0.2, 0) is 9.47 Å². The maximum absolute atomic E-state index is 6.30. The molecule has 0 amide bonds. The molecule has 0 spiro atoms. The van der Waals surface area contributed by atoms with Gasteiger partial charge in [-0.2, -0.15) is 0 Å². The van der Waals surface area contributed by atoms with E-state index in [1.807, 2.05) is 38.1 Å². The molecule has 106 valence electrons. The van der Waals surface area contributed by atoms with Crippen LogP contribution in [0.3, 0.4) is 0 Å². The van der Waals surface area contributed by atoms with Crippen LogP contribution in [0, 0.1) is 0 Å². The minimum absolute atomic E-state index is 0.161. The Balaban J connectivity index is 2.08. The van der Waals surface area contributed by atoms with Crippen molar-refractivity contribution in [3.8, 4) is 5.75 Å². The predicted octanol–water partition coefficient (Wildman–Crippen LogP) is 2.63. The summed E-state index contributed by atoms with van der Waals surface area (Å²) in [7, 11) is 0. The third-order valence-corrected chi connectivity index (χ3v) is 3.31. The first kappa shape index (κ1) is 14.3. The maximum atomic E-state index is 6.30. The second kappa shape index (κ2) is 6.37. The second-order valence-electron chi connectivity index (χ2n) is 4.97. The molecule has 1 atom stereocenters. The van der Waals surface area contributed by atoms with Crippen molar-refractivity contribution < 1.29 is 14.2 Å². The fourth-order valence-electron chi connectivity index (χ4n) is 2.38. The fourth-order valence-corrected chi connectivity index (χ4v) is 2.38. The molecule has 4 nitrogen and oxygen atoms in total. The summed E-state index contributed by atoms with van der Waals surface area (Å²) in [5.41, 5.74) is 7.31. The maximum Gasteiger partial charge on any atom is 0.167 e. The number of hydrogen-bond acceptors (Lipinski definition) is 4. The molecule has 1 aromatic rings. The Morgan fingerprint density at radius 3 is 2.68 bits per heavy atom. The van der Waals surface area contributed by atoms with Gasteiger partial charge in [0.25, 0.3) is 0 Å². The van der Waals surface area contributed by atoms with Crippen LogP contribution in [0.15, 0.2) is 24.3 Å². The van der Waals surface area contributed by atoms with Gasteiger partial charge in [0.15, 0.2) is 5.79 Å². The SMILES string of the molecule is CCOc1ccccc1C(N)CC1(C)OCCCO1. The molecule has 0 bridgehead atoms. The average molecular weight is 265 g/mol. The Labute approximate surface area is 114 Å². The molecule has 1 aliphatic heterocycles. The van der Waals surface area contributed by atoms with Crippen LogP contribution in [0.2, 0.25) is 0 Å². The summed E-state index contributed by atoms with van der Waals surface area (Å²) in [4.78, 5) is 0. The molecule has 1 saturated heterocycles. The predicted molar refractivity (Wildman–Crippen MR) is 74.1 cm³/mol. The Kier molecular flexibility index (Phi) is 4.80. The molecule has 0 radical (unpaired) electrons. The van der Waals surface area contributed by atoms with Crippen molar-refractivity contribution in [2.45, 2.75) is 38.5 Å². The highest BCUT2D eigenvalue weighted by atomic mass is 16.7. The van der Waals surface area contributed by atoms with Gasteiger partial charge in [-0.15, -0.1) is 0 Å². The first-order chi connectivity index (χ1) is 9.14. The van der Waals surface area contributed by atoms with Crippen LogP contribution in [0.4, 0.5) is 0 Å². The van der Waals surface area contributed by atoms with E-state index in [1.54, 1.807) is 0 Å². The van der Waals surface area contributed by atoms with Gasteiger partial charge in [0.1, 0.15) is 5.75 Å². The molecule has 1 heterocycles. The highest BCUT2D eigenvalue weighted by Gasteiger charge is 2.32. The molecular weight excluding hydrogens is 242 g/mol. The van der Waals surface area contributed by atoms with Crippen molar-refractivity contribution in [2.24, 2.45) is 5.73 Å². The van der Waals surface area contributed by atoms with Crippen LogP contribution in [0.25, 0.3) is 0 Å². The summed E-state index contributed by atoms with van der Waals surface area (Å²) in [5.74, 6) is 0.258. The summed E-state index contributed by atoms with van der Waals surface area (Å²) in [6.07, 6.45) is 1.57. The largest absolute Gasteiger partial charge is 0.494 e. The van der Waals surface area contributed by atoms with E-state index < -0.39 is 5.79 Å². The van der Waals surface area contributed by atoms with Crippen LogP contribution >= 0.6 is 0 Å². The molecule has 1 aromatic carbocycles. The molecule has 4 heteroatoms. The van der Waals surface area contributed by atoms with Crippen molar-refractivity contribution in [3.63, 3.8) is 0 Å². The second-order valence-corrected chi connectivity index (χ2v) is 4.97. The molecular formula is C15H23NO3. The van der Waals surface area contributed by atoms with Gasteiger partial charge in [-0.05, 0) is 26.3 Å². The topological polar surface area (TPSA) is 53.7 Å². The third kappa shape index (κ3) is 3.69. The minimum Gasteiger partial charge on any atom is -0.494 e. The first-order valence-corrected chi connectivity index (χ1v) is 6.90.